The van der Waals surface area contributed by atoms with E-state index in [1.165, 1.54) is 0 Å². The fraction of sp³-hybridized carbons (Fsp3) is 0.429. The third kappa shape index (κ3) is 4.70. The molecule has 1 heterocycles. The van der Waals surface area contributed by atoms with Gasteiger partial charge in [0.25, 0.3) is 5.91 Å². The molecule has 1 fully saturated rings. The Morgan fingerprint density at radius 1 is 1.22 bits per heavy atom. The highest BCUT2D eigenvalue weighted by Crippen LogP contribution is 2.26. The van der Waals surface area contributed by atoms with Gasteiger partial charge < -0.3 is 20.1 Å². The third-order valence-electron chi connectivity index (χ3n) is 4.53. The molecule has 1 saturated heterocycles. The molecule has 1 aliphatic rings. The van der Waals surface area contributed by atoms with E-state index >= 15 is 0 Å². The highest BCUT2D eigenvalue weighted by Gasteiger charge is 2.27. The van der Waals surface area contributed by atoms with E-state index in [2.05, 4.69) is 5.32 Å². The molecule has 6 heteroatoms. The molecule has 0 spiro atoms. The van der Waals surface area contributed by atoms with Crippen LogP contribution in [0, 0.1) is 0 Å². The van der Waals surface area contributed by atoms with Crippen LogP contribution in [0.5, 0.6) is 5.75 Å². The maximum absolute atomic E-state index is 12.9. The van der Waals surface area contributed by atoms with E-state index in [0.717, 1.165) is 23.6 Å². The number of phenolic OH excluding ortho intramolecular Hbond substituents is 1. The average Bonchev–Trinajstić information content (AvgIpc) is 2.59. The van der Waals surface area contributed by atoms with E-state index < -0.39 is 11.7 Å². The number of ether oxygens (including phenoxy) is 1. The Kier molecular flexibility index (Phi) is 5.26. The molecular formula is C21H26N2O4. The molecule has 0 aliphatic carbocycles. The summed E-state index contributed by atoms with van der Waals surface area (Å²) >= 11 is 0. The molecular weight excluding hydrogens is 344 g/mol. The minimum absolute atomic E-state index is 0.0732. The van der Waals surface area contributed by atoms with Crippen molar-refractivity contribution in [3.63, 3.8) is 0 Å². The standard InChI is InChI=1S/C21H26N2O4/c1-21(2,3)27-20(26)22-16-7-5-11-23(13-16)19(25)15-9-10-17-14(12-15)6-4-8-18(17)24/h4,6,8-10,12,16,24H,5,7,11,13H2,1-3H3,(H,22,26)/t16-/m0/s1. The Bertz CT molecular complexity index is 857. The van der Waals surface area contributed by atoms with Crippen molar-refractivity contribution in [3.8, 4) is 5.75 Å². The highest BCUT2D eigenvalue weighted by molar-refractivity contribution is 5.99. The minimum Gasteiger partial charge on any atom is -0.507 e. The van der Waals surface area contributed by atoms with Crippen molar-refractivity contribution in [3.05, 3.63) is 42.0 Å². The lowest BCUT2D eigenvalue weighted by molar-refractivity contribution is 0.0452. The van der Waals surface area contributed by atoms with Gasteiger partial charge in [-0.25, -0.2) is 4.79 Å². The van der Waals surface area contributed by atoms with Crippen LogP contribution >= 0.6 is 0 Å². The molecule has 0 radical (unpaired) electrons. The summed E-state index contributed by atoms with van der Waals surface area (Å²) in [7, 11) is 0. The van der Waals surface area contributed by atoms with Gasteiger partial charge in [-0.1, -0.05) is 12.1 Å². The smallest absolute Gasteiger partial charge is 0.407 e. The first-order chi connectivity index (χ1) is 12.7. The molecule has 3 rings (SSSR count). The van der Waals surface area contributed by atoms with Crippen molar-refractivity contribution in [1.82, 2.24) is 10.2 Å². The lowest BCUT2D eigenvalue weighted by Gasteiger charge is -2.33. The van der Waals surface area contributed by atoms with Gasteiger partial charge in [0.05, 0.1) is 0 Å². The average molecular weight is 370 g/mol. The number of phenols is 1. The van der Waals surface area contributed by atoms with Crippen LogP contribution < -0.4 is 5.32 Å². The van der Waals surface area contributed by atoms with E-state index in [0.29, 0.717) is 18.7 Å². The molecule has 2 N–H and O–H groups in total. The number of nitrogens with zero attached hydrogens (tertiary/aromatic N) is 1. The number of alkyl carbamates (subject to hydrolysis) is 1. The predicted octanol–water partition coefficient (Wildman–Crippen LogP) is 3.67. The molecule has 144 valence electrons. The lowest BCUT2D eigenvalue weighted by atomic mass is 10.0. The molecule has 2 aromatic carbocycles. The number of piperidine rings is 1. The van der Waals surface area contributed by atoms with Crippen molar-refractivity contribution >= 4 is 22.8 Å². The molecule has 0 unspecified atom stereocenters. The number of hydrogen-bond donors (Lipinski definition) is 2. The number of nitrogens with one attached hydrogen (secondary N) is 1. The molecule has 1 aliphatic heterocycles. The topological polar surface area (TPSA) is 78.9 Å². The first kappa shape index (κ1) is 19.0. The van der Waals surface area contributed by atoms with Gasteiger partial charge in [-0.05, 0) is 63.3 Å². The first-order valence-electron chi connectivity index (χ1n) is 9.23. The summed E-state index contributed by atoms with van der Waals surface area (Å²) in [4.78, 5) is 26.7. The Labute approximate surface area is 159 Å². The summed E-state index contributed by atoms with van der Waals surface area (Å²) in [5, 5.41) is 14.3. The van der Waals surface area contributed by atoms with Gasteiger partial charge in [0.2, 0.25) is 0 Å². The van der Waals surface area contributed by atoms with Crippen molar-refractivity contribution in [1.29, 1.82) is 0 Å². The van der Waals surface area contributed by atoms with Gasteiger partial charge in [0, 0.05) is 30.1 Å². The number of benzene rings is 2. The fourth-order valence-electron chi connectivity index (χ4n) is 3.34. The van der Waals surface area contributed by atoms with Crippen molar-refractivity contribution in [2.45, 2.75) is 45.3 Å². The Balaban J connectivity index is 1.69. The number of rotatable bonds is 2. The Morgan fingerprint density at radius 2 is 2.00 bits per heavy atom. The number of carbonyl (C=O) groups excluding carboxylic acids is 2. The molecule has 1 atom stereocenters. The monoisotopic (exact) mass is 370 g/mol. The van der Waals surface area contributed by atoms with Gasteiger partial charge in [-0.15, -0.1) is 0 Å². The summed E-state index contributed by atoms with van der Waals surface area (Å²) in [6.45, 7) is 6.57. The van der Waals surface area contributed by atoms with E-state index in [9.17, 15) is 14.7 Å². The molecule has 27 heavy (non-hydrogen) atoms. The third-order valence-corrected chi connectivity index (χ3v) is 4.53. The zero-order chi connectivity index (χ0) is 19.6. The van der Waals surface area contributed by atoms with Crippen LogP contribution in [0.15, 0.2) is 36.4 Å². The van der Waals surface area contributed by atoms with Crippen LogP contribution in [0.3, 0.4) is 0 Å². The van der Waals surface area contributed by atoms with Gasteiger partial charge in [-0.3, -0.25) is 4.79 Å². The van der Waals surface area contributed by atoms with E-state index in [4.69, 9.17) is 4.74 Å². The first-order valence-corrected chi connectivity index (χ1v) is 9.23. The van der Waals surface area contributed by atoms with E-state index in [-0.39, 0.29) is 17.7 Å². The molecule has 0 saturated carbocycles. The van der Waals surface area contributed by atoms with Crippen LogP contribution in [0.4, 0.5) is 4.79 Å². The maximum Gasteiger partial charge on any atom is 0.407 e. The van der Waals surface area contributed by atoms with E-state index in [1.54, 1.807) is 35.2 Å². The summed E-state index contributed by atoms with van der Waals surface area (Å²) in [6, 6.07) is 10.4. The number of aromatic hydroxyl groups is 1. The fourth-order valence-corrected chi connectivity index (χ4v) is 3.34. The van der Waals surface area contributed by atoms with Crippen LogP contribution in [-0.2, 0) is 4.74 Å². The Hall–Kier alpha value is -2.76. The largest absolute Gasteiger partial charge is 0.507 e. The van der Waals surface area contributed by atoms with Crippen molar-refractivity contribution < 1.29 is 19.4 Å². The quantitative estimate of drug-likeness (QED) is 0.845. The summed E-state index contributed by atoms with van der Waals surface area (Å²) in [5.41, 5.74) is 0.0243. The second-order valence-corrected chi connectivity index (χ2v) is 7.95. The second kappa shape index (κ2) is 7.47. The number of likely N-dealkylation sites (tertiary alicyclic amines) is 1. The van der Waals surface area contributed by atoms with Crippen LogP contribution in [-0.4, -0.2) is 46.7 Å². The van der Waals surface area contributed by atoms with Crippen LogP contribution in [0.25, 0.3) is 10.8 Å². The lowest BCUT2D eigenvalue weighted by Crippen LogP contribution is -2.50. The summed E-state index contributed by atoms with van der Waals surface area (Å²) < 4.78 is 5.30. The molecule has 2 aromatic rings. The number of carbonyl (C=O) groups is 2. The number of fused-ring (bicyclic) bond motifs is 1. The zero-order valence-corrected chi connectivity index (χ0v) is 16.0. The Morgan fingerprint density at radius 3 is 2.74 bits per heavy atom. The molecule has 0 bridgehead atoms. The highest BCUT2D eigenvalue weighted by atomic mass is 16.6. The minimum atomic E-state index is -0.551. The van der Waals surface area contributed by atoms with E-state index in [1.807, 2.05) is 26.8 Å². The maximum atomic E-state index is 12.9. The second-order valence-electron chi connectivity index (χ2n) is 7.95. The van der Waals surface area contributed by atoms with Crippen LogP contribution in [0.2, 0.25) is 0 Å². The van der Waals surface area contributed by atoms with Gasteiger partial charge in [0.1, 0.15) is 11.4 Å². The normalized spacial score (nSPS) is 17.6. The van der Waals surface area contributed by atoms with Crippen molar-refractivity contribution in [2.24, 2.45) is 0 Å². The van der Waals surface area contributed by atoms with Gasteiger partial charge in [-0.2, -0.15) is 0 Å². The van der Waals surface area contributed by atoms with Crippen molar-refractivity contribution in [2.75, 3.05) is 13.1 Å². The molecule has 6 nitrogen and oxygen atoms in total. The predicted molar refractivity (Wildman–Crippen MR) is 104 cm³/mol. The van der Waals surface area contributed by atoms with Gasteiger partial charge in [0.15, 0.2) is 0 Å². The molecule has 2 amide bonds. The zero-order valence-electron chi connectivity index (χ0n) is 16.0. The summed E-state index contributed by atoms with van der Waals surface area (Å²) in [5.74, 6) is 0.127. The summed E-state index contributed by atoms with van der Waals surface area (Å²) in [6.07, 6.45) is 1.18. The van der Waals surface area contributed by atoms with Gasteiger partial charge >= 0.3 is 6.09 Å². The number of amides is 2. The van der Waals surface area contributed by atoms with Crippen LogP contribution in [0.1, 0.15) is 44.0 Å². The molecule has 0 aromatic heterocycles. The SMILES string of the molecule is CC(C)(C)OC(=O)N[C@H]1CCCN(C(=O)c2ccc3c(O)cccc3c2)C1. The number of hydrogen-bond acceptors (Lipinski definition) is 4.